The predicted octanol–water partition coefficient (Wildman–Crippen LogP) is 4.79. The largest absolute Gasteiger partial charge is 0.335 e. The Bertz CT molecular complexity index is 350. The molecule has 0 spiro atoms. The lowest BCUT2D eigenvalue weighted by molar-refractivity contribution is 0.219. The van der Waals surface area contributed by atoms with Crippen LogP contribution < -0.4 is 0 Å². The highest BCUT2D eigenvalue weighted by Crippen LogP contribution is 2.51. The third kappa shape index (κ3) is 6.34. The maximum absolute atomic E-state index is 12.2. The highest BCUT2D eigenvalue weighted by Gasteiger charge is 2.23. The van der Waals surface area contributed by atoms with E-state index in [1.54, 1.807) is 0 Å². The molecule has 0 aliphatic carbocycles. The maximum atomic E-state index is 12.2. The van der Waals surface area contributed by atoms with Crippen molar-refractivity contribution in [3.05, 3.63) is 35.4 Å². The first-order valence-corrected chi connectivity index (χ1v) is 8.26. The van der Waals surface area contributed by atoms with Crippen LogP contribution in [0.15, 0.2) is 24.3 Å². The van der Waals surface area contributed by atoms with Crippen LogP contribution in [-0.2, 0) is 19.8 Å². The van der Waals surface area contributed by atoms with Gasteiger partial charge in [-0.2, -0.15) is 0 Å². The molecule has 1 aromatic rings. The van der Waals surface area contributed by atoms with Gasteiger partial charge in [0.1, 0.15) is 0 Å². The third-order valence-corrected chi connectivity index (χ3v) is 4.20. The van der Waals surface area contributed by atoms with Crippen molar-refractivity contribution in [3.63, 3.8) is 0 Å². The molecule has 0 bridgehead atoms. The Labute approximate surface area is 111 Å². The molecule has 0 aliphatic rings. The van der Waals surface area contributed by atoms with E-state index in [1.165, 1.54) is 5.56 Å². The summed E-state index contributed by atoms with van der Waals surface area (Å²) < 4.78 is 22.7. The second kappa shape index (κ2) is 9.32. The Kier molecular flexibility index (Phi) is 8.99. The summed E-state index contributed by atoms with van der Waals surface area (Å²) in [6, 6.07) is 7.91. The van der Waals surface area contributed by atoms with E-state index in [0.717, 1.165) is 5.56 Å². The minimum atomic E-state index is -2.96. The molecule has 0 amide bonds. The highest BCUT2D eigenvalue weighted by molar-refractivity contribution is 7.53. The molecule has 4 heteroatoms. The van der Waals surface area contributed by atoms with Crippen LogP contribution in [0.1, 0.15) is 38.8 Å². The third-order valence-electron chi connectivity index (χ3n) is 2.15. The first-order valence-electron chi connectivity index (χ1n) is 6.53. The summed E-state index contributed by atoms with van der Waals surface area (Å²) in [5.41, 5.74) is 2.17. The molecule has 0 saturated carbocycles. The summed E-state index contributed by atoms with van der Waals surface area (Å²) in [5.74, 6) is 0. The topological polar surface area (TPSA) is 35.5 Å². The van der Waals surface area contributed by atoms with Crippen LogP contribution in [0.2, 0.25) is 0 Å². The van der Waals surface area contributed by atoms with Gasteiger partial charge >= 0.3 is 7.60 Å². The molecule has 1 aromatic carbocycles. The van der Waals surface area contributed by atoms with E-state index in [0.29, 0.717) is 19.4 Å². The van der Waals surface area contributed by atoms with Gasteiger partial charge in [-0.1, -0.05) is 43.7 Å². The van der Waals surface area contributed by atoms with Gasteiger partial charge in [0.05, 0.1) is 19.4 Å². The minimum absolute atomic E-state index is 0.342. The zero-order valence-electron chi connectivity index (χ0n) is 12.1. The Morgan fingerprint density at radius 1 is 1.00 bits per heavy atom. The lowest BCUT2D eigenvalue weighted by Gasteiger charge is -2.16. The second-order valence-corrected chi connectivity index (χ2v) is 5.64. The monoisotopic (exact) mass is 272 g/mol. The normalized spacial score (nSPS) is 10.7. The number of aryl methyl sites for hydroxylation is 1. The number of benzene rings is 1. The van der Waals surface area contributed by atoms with Crippen molar-refractivity contribution in [1.82, 2.24) is 0 Å². The standard InChI is InChI=1S/C12H19O3P.C2H6/c1-4-14-16(13,15-5-2)10-12-8-6-11(3)7-9-12;1-2/h6-9H,4-5,10H2,1-3H3;1-2H3. The molecule has 0 unspecified atom stereocenters. The summed E-state index contributed by atoms with van der Waals surface area (Å²) >= 11 is 0. The molecule has 0 radical (unpaired) electrons. The first kappa shape index (κ1) is 17.4. The summed E-state index contributed by atoms with van der Waals surface area (Å²) in [6.07, 6.45) is 0.342. The van der Waals surface area contributed by atoms with Gasteiger partial charge in [0.15, 0.2) is 0 Å². The van der Waals surface area contributed by atoms with Gasteiger partial charge in [0.25, 0.3) is 0 Å². The Morgan fingerprint density at radius 2 is 1.44 bits per heavy atom. The van der Waals surface area contributed by atoms with Gasteiger partial charge in [-0.25, -0.2) is 0 Å². The van der Waals surface area contributed by atoms with Crippen LogP contribution in [0, 0.1) is 6.92 Å². The van der Waals surface area contributed by atoms with Crippen LogP contribution in [0.25, 0.3) is 0 Å². The highest BCUT2D eigenvalue weighted by atomic mass is 31.2. The molecule has 1 rings (SSSR count). The molecule has 0 N–H and O–H groups in total. The van der Waals surface area contributed by atoms with Crippen molar-refractivity contribution in [2.45, 2.75) is 40.8 Å². The zero-order valence-corrected chi connectivity index (χ0v) is 13.0. The number of rotatable bonds is 6. The smallest absolute Gasteiger partial charge is 0.309 e. The summed E-state index contributed by atoms with van der Waals surface area (Å²) in [5, 5.41) is 0. The SMILES string of the molecule is CC.CCOP(=O)(Cc1ccc(C)cc1)OCC. The fourth-order valence-electron chi connectivity index (χ4n) is 1.44. The van der Waals surface area contributed by atoms with Gasteiger partial charge in [-0.3, -0.25) is 4.57 Å². The van der Waals surface area contributed by atoms with E-state index in [9.17, 15) is 4.57 Å². The van der Waals surface area contributed by atoms with Gasteiger partial charge in [-0.05, 0) is 26.3 Å². The van der Waals surface area contributed by atoms with Gasteiger partial charge in [-0.15, -0.1) is 0 Å². The van der Waals surface area contributed by atoms with E-state index in [2.05, 4.69) is 0 Å². The summed E-state index contributed by atoms with van der Waals surface area (Å²) in [7, 11) is -2.96. The Balaban J connectivity index is 0.00000137. The molecular weight excluding hydrogens is 247 g/mol. The van der Waals surface area contributed by atoms with E-state index < -0.39 is 7.60 Å². The van der Waals surface area contributed by atoms with Crippen molar-refractivity contribution < 1.29 is 13.6 Å². The maximum Gasteiger partial charge on any atom is 0.335 e. The Hall–Kier alpha value is -0.630. The van der Waals surface area contributed by atoms with Crippen molar-refractivity contribution in [1.29, 1.82) is 0 Å². The van der Waals surface area contributed by atoms with E-state index in [4.69, 9.17) is 9.05 Å². The molecule has 0 fully saturated rings. The van der Waals surface area contributed by atoms with E-state index in [1.807, 2.05) is 58.9 Å². The predicted molar refractivity (Wildman–Crippen MR) is 77.1 cm³/mol. The average Bonchev–Trinajstić information content (AvgIpc) is 2.35. The van der Waals surface area contributed by atoms with Gasteiger partial charge < -0.3 is 9.05 Å². The van der Waals surface area contributed by atoms with Crippen molar-refractivity contribution in [3.8, 4) is 0 Å². The summed E-state index contributed by atoms with van der Waals surface area (Å²) in [4.78, 5) is 0. The molecule has 0 saturated heterocycles. The molecule has 0 atom stereocenters. The van der Waals surface area contributed by atoms with Crippen LogP contribution >= 0.6 is 7.60 Å². The van der Waals surface area contributed by atoms with Crippen LogP contribution in [0.4, 0.5) is 0 Å². The molecule has 0 aromatic heterocycles. The molecule has 104 valence electrons. The van der Waals surface area contributed by atoms with Crippen molar-refractivity contribution in [2.75, 3.05) is 13.2 Å². The molecule has 18 heavy (non-hydrogen) atoms. The van der Waals surface area contributed by atoms with Crippen LogP contribution in [0.3, 0.4) is 0 Å². The molecular formula is C14H25O3P. The number of hydrogen-bond acceptors (Lipinski definition) is 3. The Morgan fingerprint density at radius 3 is 1.83 bits per heavy atom. The fourth-order valence-corrected chi connectivity index (χ4v) is 3.14. The zero-order chi connectivity index (χ0) is 14.0. The molecule has 3 nitrogen and oxygen atoms in total. The second-order valence-electron chi connectivity index (χ2n) is 3.59. The van der Waals surface area contributed by atoms with Crippen LogP contribution in [0.5, 0.6) is 0 Å². The molecule has 0 aliphatic heterocycles. The van der Waals surface area contributed by atoms with Crippen molar-refractivity contribution in [2.24, 2.45) is 0 Å². The quantitative estimate of drug-likeness (QED) is 0.698. The van der Waals surface area contributed by atoms with E-state index >= 15 is 0 Å². The molecule has 0 heterocycles. The first-order chi connectivity index (χ1) is 8.59. The van der Waals surface area contributed by atoms with Gasteiger partial charge in [0, 0.05) is 0 Å². The number of hydrogen-bond donors (Lipinski definition) is 0. The van der Waals surface area contributed by atoms with Crippen molar-refractivity contribution >= 4 is 7.60 Å². The minimum Gasteiger partial charge on any atom is -0.309 e. The lowest BCUT2D eigenvalue weighted by atomic mass is 10.2. The fraction of sp³-hybridized carbons (Fsp3) is 0.571. The van der Waals surface area contributed by atoms with E-state index in [-0.39, 0.29) is 0 Å². The lowest BCUT2D eigenvalue weighted by Crippen LogP contribution is -1.99. The average molecular weight is 272 g/mol. The van der Waals surface area contributed by atoms with Crippen LogP contribution in [-0.4, -0.2) is 13.2 Å². The van der Waals surface area contributed by atoms with Gasteiger partial charge in [0.2, 0.25) is 0 Å². The summed E-state index contributed by atoms with van der Waals surface area (Å²) in [6.45, 7) is 10.5.